The van der Waals surface area contributed by atoms with Crippen LogP contribution in [0.4, 0.5) is 0 Å². The van der Waals surface area contributed by atoms with E-state index in [-0.39, 0.29) is 23.9 Å². The van der Waals surface area contributed by atoms with E-state index >= 15 is 0 Å². The van der Waals surface area contributed by atoms with Gasteiger partial charge in [0, 0.05) is 18.5 Å². The van der Waals surface area contributed by atoms with Crippen LogP contribution in [0.5, 0.6) is 0 Å². The summed E-state index contributed by atoms with van der Waals surface area (Å²) in [5, 5.41) is 0. The fourth-order valence-electron chi connectivity index (χ4n) is 2.10. The third-order valence-electron chi connectivity index (χ3n) is 3.68. The van der Waals surface area contributed by atoms with Crippen molar-refractivity contribution in [2.24, 2.45) is 5.41 Å². The Balaban J connectivity index is 5.57. The summed E-state index contributed by atoms with van der Waals surface area (Å²) < 4.78 is 25.0. The van der Waals surface area contributed by atoms with Crippen molar-refractivity contribution in [2.75, 3.05) is 12.8 Å². The molecular formula is C15H30N2O4S. The first kappa shape index (κ1) is 21.0. The van der Waals surface area contributed by atoms with Crippen molar-refractivity contribution in [3.8, 4) is 0 Å². The highest BCUT2D eigenvalue weighted by molar-refractivity contribution is 7.88. The molecule has 6 nitrogen and oxygen atoms in total. The van der Waals surface area contributed by atoms with Gasteiger partial charge in [-0.3, -0.25) is 14.5 Å². The Morgan fingerprint density at radius 1 is 1.05 bits per heavy atom. The Labute approximate surface area is 134 Å². The van der Waals surface area contributed by atoms with E-state index in [4.69, 9.17) is 0 Å². The molecular weight excluding hydrogens is 304 g/mol. The summed E-state index contributed by atoms with van der Waals surface area (Å²) in [4.78, 5) is 25.6. The Hall–Kier alpha value is -0.950. The normalized spacial score (nSPS) is 14.8. The molecule has 22 heavy (non-hydrogen) atoms. The molecule has 0 aliphatic heterocycles. The molecule has 0 aromatic carbocycles. The fraction of sp³-hybridized carbons (Fsp3) is 0.867. The largest absolute Gasteiger partial charge is 0.278 e. The second kappa shape index (κ2) is 6.66. The van der Waals surface area contributed by atoms with E-state index in [0.29, 0.717) is 0 Å². The summed E-state index contributed by atoms with van der Waals surface area (Å²) in [5.74, 6) is -0.884. The number of hydrogen-bond donors (Lipinski definition) is 0. The average Bonchev–Trinajstić information content (AvgIpc) is 2.20. The van der Waals surface area contributed by atoms with E-state index in [2.05, 4.69) is 0 Å². The zero-order valence-electron chi connectivity index (χ0n) is 15.2. The lowest BCUT2D eigenvalue weighted by molar-refractivity contribution is -0.149. The van der Waals surface area contributed by atoms with E-state index in [1.807, 2.05) is 20.8 Å². The minimum absolute atomic E-state index is 0.293. The van der Waals surface area contributed by atoms with Crippen LogP contribution in [0.25, 0.3) is 0 Å². The molecule has 130 valence electrons. The molecule has 0 saturated heterocycles. The van der Waals surface area contributed by atoms with Crippen LogP contribution < -0.4 is 0 Å². The van der Waals surface area contributed by atoms with Gasteiger partial charge >= 0.3 is 0 Å². The number of nitrogens with zero attached hydrogens (tertiary/aromatic N) is 2. The maximum absolute atomic E-state index is 12.6. The molecule has 1 unspecified atom stereocenters. The number of imide groups is 1. The molecule has 0 aromatic heterocycles. The van der Waals surface area contributed by atoms with Crippen molar-refractivity contribution in [1.29, 1.82) is 0 Å². The summed E-state index contributed by atoms with van der Waals surface area (Å²) in [6.45, 7) is 13.7. The monoisotopic (exact) mass is 334 g/mol. The van der Waals surface area contributed by atoms with E-state index < -0.39 is 21.5 Å². The molecule has 0 saturated carbocycles. The van der Waals surface area contributed by atoms with Gasteiger partial charge in [0.15, 0.2) is 0 Å². The Morgan fingerprint density at radius 2 is 1.45 bits per heavy atom. The molecule has 2 amide bonds. The van der Waals surface area contributed by atoms with Crippen LogP contribution in [0.15, 0.2) is 0 Å². The first-order valence-electron chi connectivity index (χ1n) is 7.30. The zero-order chi connectivity index (χ0) is 18.1. The van der Waals surface area contributed by atoms with E-state index in [0.717, 1.165) is 15.5 Å². The van der Waals surface area contributed by atoms with Crippen LogP contribution in [0.3, 0.4) is 0 Å². The number of sulfonamides is 1. The van der Waals surface area contributed by atoms with Gasteiger partial charge in [0.2, 0.25) is 21.8 Å². The van der Waals surface area contributed by atoms with Crippen molar-refractivity contribution < 1.29 is 18.0 Å². The van der Waals surface area contributed by atoms with Crippen LogP contribution in [-0.2, 0) is 19.6 Å². The summed E-state index contributed by atoms with van der Waals surface area (Å²) >= 11 is 0. The lowest BCUT2D eigenvalue weighted by Crippen LogP contribution is -2.55. The summed E-state index contributed by atoms with van der Waals surface area (Å²) in [7, 11) is -3.56. The van der Waals surface area contributed by atoms with Gasteiger partial charge in [-0.05, 0) is 33.1 Å². The zero-order valence-corrected chi connectivity index (χ0v) is 16.0. The molecule has 0 aliphatic rings. The lowest BCUT2D eigenvalue weighted by Gasteiger charge is -2.38. The van der Waals surface area contributed by atoms with Crippen molar-refractivity contribution in [2.45, 2.75) is 67.0 Å². The first-order chi connectivity index (χ1) is 9.49. The van der Waals surface area contributed by atoms with Gasteiger partial charge in [0.1, 0.15) is 0 Å². The Bertz CT molecular complexity index is 527. The maximum atomic E-state index is 12.6. The maximum Gasteiger partial charge on any atom is 0.244 e. The predicted octanol–water partition coefficient (Wildman–Crippen LogP) is 1.86. The van der Waals surface area contributed by atoms with Gasteiger partial charge in [-0.2, -0.15) is 4.31 Å². The molecule has 0 heterocycles. The van der Waals surface area contributed by atoms with E-state index in [1.165, 1.54) is 6.92 Å². The molecule has 0 aliphatic carbocycles. The number of hydrogen-bond acceptors (Lipinski definition) is 4. The van der Waals surface area contributed by atoms with Gasteiger partial charge in [0.05, 0.1) is 12.8 Å². The van der Waals surface area contributed by atoms with Crippen molar-refractivity contribution >= 4 is 21.8 Å². The molecule has 0 radical (unpaired) electrons. The van der Waals surface area contributed by atoms with E-state index in [1.54, 1.807) is 27.7 Å². The highest BCUT2D eigenvalue weighted by Crippen LogP contribution is 2.25. The fourth-order valence-corrected chi connectivity index (χ4v) is 3.44. The van der Waals surface area contributed by atoms with Crippen LogP contribution in [0.1, 0.15) is 55.4 Å². The van der Waals surface area contributed by atoms with Gasteiger partial charge in [-0.15, -0.1) is 0 Å². The molecule has 0 spiro atoms. The molecule has 0 bridgehead atoms. The number of rotatable bonds is 4. The summed E-state index contributed by atoms with van der Waals surface area (Å²) in [5.41, 5.74) is -1.03. The van der Waals surface area contributed by atoms with Gasteiger partial charge in [-0.1, -0.05) is 20.8 Å². The number of carbonyl (C=O) groups is 2. The average molecular weight is 334 g/mol. The van der Waals surface area contributed by atoms with E-state index in [9.17, 15) is 18.0 Å². The molecule has 7 heteroatoms. The highest BCUT2D eigenvalue weighted by Gasteiger charge is 2.37. The third kappa shape index (κ3) is 5.68. The van der Waals surface area contributed by atoms with Crippen LogP contribution in [0, 0.1) is 5.41 Å². The van der Waals surface area contributed by atoms with Crippen molar-refractivity contribution in [3.63, 3.8) is 0 Å². The van der Waals surface area contributed by atoms with Crippen molar-refractivity contribution in [3.05, 3.63) is 0 Å². The lowest BCUT2D eigenvalue weighted by atomic mass is 9.86. The predicted molar refractivity (Wildman–Crippen MR) is 87.7 cm³/mol. The Kier molecular flexibility index (Phi) is 6.37. The van der Waals surface area contributed by atoms with Gasteiger partial charge < -0.3 is 0 Å². The second-order valence-corrected chi connectivity index (χ2v) is 9.67. The van der Waals surface area contributed by atoms with Gasteiger partial charge in [-0.25, -0.2) is 8.42 Å². The molecule has 0 N–H and O–H groups in total. The molecule has 0 aromatic rings. The summed E-state index contributed by atoms with van der Waals surface area (Å²) in [6.07, 6.45) is 1.07. The molecule has 1 atom stereocenters. The van der Waals surface area contributed by atoms with Gasteiger partial charge in [0.25, 0.3) is 0 Å². The quantitative estimate of drug-likeness (QED) is 0.786. The van der Waals surface area contributed by atoms with Crippen LogP contribution >= 0.6 is 0 Å². The highest BCUT2D eigenvalue weighted by atomic mass is 32.2. The minimum Gasteiger partial charge on any atom is -0.278 e. The molecule has 0 fully saturated rings. The smallest absolute Gasteiger partial charge is 0.244 e. The van der Waals surface area contributed by atoms with Crippen molar-refractivity contribution in [1.82, 2.24) is 9.21 Å². The van der Waals surface area contributed by atoms with Crippen LogP contribution in [-0.4, -0.2) is 53.8 Å². The number of carbonyl (C=O) groups excluding carboxylic acids is 2. The van der Waals surface area contributed by atoms with Crippen LogP contribution in [0.2, 0.25) is 0 Å². The molecule has 0 rings (SSSR count). The second-order valence-electron chi connectivity index (χ2n) is 7.77. The third-order valence-corrected chi connectivity index (χ3v) is 5.15. The first-order valence-corrected chi connectivity index (χ1v) is 9.15. The minimum atomic E-state index is -3.56. The SMILES string of the molecule is CC(=O)N(C(=O)CN(C(C)(C)C)S(C)(=O)=O)C(C)C(C)(C)C. The topological polar surface area (TPSA) is 74.8 Å². The Morgan fingerprint density at radius 3 is 1.68 bits per heavy atom. The standard InChI is InChI=1S/C15H30N2O4S/c1-11(14(3,4)5)17(12(2)18)13(19)10-16(15(6,7)8)22(9,20)21/h11H,10H2,1-9H3. The summed E-state index contributed by atoms with van der Waals surface area (Å²) in [6, 6.07) is -0.334. The number of amides is 2.